The van der Waals surface area contributed by atoms with E-state index in [0.29, 0.717) is 12.5 Å². The van der Waals surface area contributed by atoms with Crippen molar-refractivity contribution in [1.29, 1.82) is 0 Å². The summed E-state index contributed by atoms with van der Waals surface area (Å²) in [6.07, 6.45) is 0.945. The molecule has 2 heteroatoms. The van der Waals surface area contributed by atoms with Crippen LogP contribution in [-0.2, 0) is 0 Å². The maximum Gasteiger partial charge on any atom is 0.0347 e. The molecule has 4 N–H and O–H groups in total. The van der Waals surface area contributed by atoms with Crippen LogP contribution in [0.25, 0.3) is 0 Å². The van der Waals surface area contributed by atoms with Gasteiger partial charge in [-0.25, -0.2) is 0 Å². The minimum absolute atomic E-state index is 0.0484. The number of hydrogen-bond acceptors (Lipinski definition) is 2. The molecule has 0 amide bonds. The van der Waals surface area contributed by atoms with Crippen molar-refractivity contribution in [2.45, 2.75) is 46.1 Å². The van der Waals surface area contributed by atoms with Crippen molar-refractivity contribution in [3.05, 3.63) is 35.4 Å². The van der Waals surface area contributed by atoms with E-state index >= 15 is 0 Å². The molecule has 0 bridgehead atoms. The average Bonchev–Trinajstić information content (AvgIpc) is 2.28. The van der Waals surface area contributed by atoms with E-state index in [9.17, 15) is 0 Å². The Morgan fingerprint density at radius 2 is 1.53 bits per heavy atom. The first-order chi connectivity index (χ1) is 7.88. The lowest BCUT2D eigenvalue weighted by Gasteiger charge is -2.31. The summed E-state index contributed by atoms with van der Waals surface area (Å²) in [5.41, 5.74) is 14.6. The highest BCUT2D eigenvalue weighted by Crippen LogP contribution is 2.34. The normalized spacial score (nSPS) is 14.1. The van der Waals surface area contributed by atoms with Gasteiger partial charge >= 0.3 is 0 Å². The van der Waals surface area contributed by atoms with Gasteiger partial charge in [-0.1, -0.05) is 52.0 Å². The van der Waals surface area contributed by atoms with Gasteiger partial charge in [0, 0.05) is 6.04 Å². The Morgan fingerprint density at radius 3 is 1.94 bits per heavy atom. The first-order valence-corrected chi connectivity index (χ1v) is 6.44. The maximum atomic E-state index is 6.33. The molecular formula is C15H26N2. The molecule has 1 aromatic rings. The van der Waals surface area contributed by atoms with Gasteiger partial charge in [0.25, 0.3) is 0 Å². The monoisotopic (exact) mass is 234 g/mol. The summed E-state index contributed by atoms with van der Waals surface area (Å²) in [6.45, 7) is 9.45. The van der Waals surface area contributed by atoms with Crippen molar-refractivity contribution in [3.8, 4) is 0 Å². The van der Waals surface area contributed by atoms with Crippen LogP contribution < -0.4 is 11.5 Å². The summed E-state index contributed by atoms with van der Waals surface area (Å²) in [5, 5.41) is 0. The summed E-state index contributed by atoms with van der Waals surface area (Å²) >= 11 is 0. The van der Waals surface area contributed by atoms with Crippen LogP contribution in [0.15, 0.2) is 24.3 Å². The smallest absolute Gasteiger partial charge is 0.0347 e. The number of hydrogen-bond donors (Lipinski definition) is 2. The van der Waals surface area contributed by atoms with Crippen LogP contribution in [0.3, 0.4) is 0 Å². The van der Waals surface area contributed by atoms with Gasteiger partial charge in [-0.2, -0.15) is 0 Å². The highest BCUT2D eigenvalue weighted by atomic mass is 14.7. The van der Waals surface area contributed by atoms with Gasteiger partial charge in [-0.3, -0.25) is 0 Å². The highest BCUT2D eigenvalue weighted by Gasteiger charge is 2.26. The molecule has 0 radical (unpaired) electrons. The van der Waals surface area contributed by atoms with Crippen molar-refractivity contribution in [3.63, 3.8) is 0 Å². The Labute approximate surface area is 105 Å². The fourth-order valence-corrected chi connectivity index (χ4v) is 2.07. The molecule has 17 heavy (non-hydrogen) atoms. The molecule has 96 valence electrons. The van der Waals surface area contributed by atoms with E-state index in [1.54, 1.807) is 0 Å². The topological polar surface area (TPSA) is 52.0 Å². The van der Waals surface area contributed by atoms with E-state index in [0.717, 1.165) is 6.42 Å². The molecule has 1 rings (SSSR count). The summed E-state index contributed by atoms with van der Waals surface area (Å²) in [4.78, 5) is 0. The van der Waals surface area contributed by atoms with E-state index in [-0.39, 0.29) is 11.5 Å². The molecule has 1 aromatic carbocycles. The van der Waals surface area contributed by atoms with Crippen LogP contribution in [0.2, 0.25) is 0 Å². The van der Waals surface area contributed by atoms with Gasteiger partial charge in [0.15, 0.2) is 0 Å². The lowest BCUT2D eigenvalue weighted by Crippen LogP contribution is -2.31. The zero-order chi connectivity index (χ0) is 13.1. The summed E-state index contributed by atoms with van der Waals surface area (Å²) in [7, 11) is 0. The molecule has 0 aliphatic rings. The Balaban J connectivity index is 2.86. The molecule has 1 atom stereocenters. The highest BCUT2D eigenvalue weighted by molar-refractivity contribution is 5.27. The second kappa shape index (κ2) is 5.65. The Kier molecular flexibility index (Phi) is 4.72. The predicted octanol–water partition coefficient (Wildman–Crippen LogP) is 3.18. The maximum absolute atomic E-state index is 6.33. The van der Waals surface area contributed by atoms with Gasteiger partial charge in [-0.05, 0) is 35.4 Å². The van der Waals surface area contributed by atoms with Crippen molar-refractivity contribution < 1.29 is 0 Å². The molecule has 0 spiro atoms. The zero-order valence-electron chi connectivity index (χ0n) is 11.5. The first-order valence-electron chi connectivity index (χ1n) is 6.44. The fourth-order valence-electron chi connectivity index (χ4n) is 2.07. The second-order valence-electron chi connectivity index (χ2n) is 5.83. The average molecular weight is 234 g/mol. The van der Waals surface area contributed by atoms with E-state index in [4.69, 9.17) is 11.5 Å². The molecule has 1 unspecified atom stereocenters. The van der Waals surface area contributed by atoms with E-state index in [2.05, 4.69) is 52.0 Å². The SMILES string of the molecule is CC(C)c1ccc(C(N)C(C)(C)CCN)cc1. The molecule has 0 saturated carbocycles. The minimum atomic E-state index is 0.0484. The fraction of sp³-hybridized carbons (Fsp3) is 0.600. The molecular weight excluding hydrogens is 208 g/mol. The van der Waals surface area contributed by atoms with Crippen LogP contribution >= 0.6 is 0 Å². The first kappa shape index (κ1) is 14.2. The molecule has 0 heterocycles. The largest absolute Gasteiger partial charge is 0.330 e. The standard InChI is InChI=1S/C15H26N2/c1-11(2)12-5-7-13(8-6-12)14(17)15(3,4)9-10-16/h5-8,11,14H,9-10,16-17H2,1-4H3. The van der Waals surface area contributed by atoms with Crippen molar-refractivity contribution >= 4 is 0 Å². The van der Waals surface area contributed by atoms with Crippen LogP contribution in [0, 0.1) is 5.41 Å². The number of nitrogens with two attached hydrogens (primary N) is 2. The van der Waals surface area contributed by atoms with Crippen LogP contribution in [-0.4, -0.2) is 6.54 Å². The van der Waals surface area contributed by atoms with E-state index in [1.165, 1.54) is 11.1 Å². The van der Waals surface area contributed by atoms with Crippen LogP contribution in [0.4, 0.5) is 0 Å². The van der Waals surface area contributed by atoms with Gasteiger partial charge in [-0.15, -0.1) is 0 Å². The van der Waals surface area contributed by atoms with Gasteiger partial charge in [0.05, 0.1) is 0 Å². The summed E-state index contributed by atoms with van der Waals surface area (Å²) in [6, 6.07) is 8.71. The van der Waals surface area contributed by atoms with Crippen LogP contribution in [0.5, 0.6) is 0 Å². The van der Waals surface area contributed by atoms with Crippen molar-refractivity contribution in [2.75, 3.05) is 6.54 Å². The third kappa shape index (κ3) is 3.55. The van der Waals surface area contributed by atoms with Crippen molar-refractivity contribution in [1.82, 2.24) is 0 Å². The predicted molar refractivity (Wildman–Crippen MR) is 74.9 cm³/mol. The molecule has 0 aromatic heterocycles. The summed E-state index contributed by atoms with van der Waals surface area (Å²) in [5.74, 6) is 0.567. The zero-order valence-corrected chi connectivity index (χ0v) is 11.5. The van der Waals surface area contributed by atoms with Gasteiger partial charge in [0.1, 0.15) is 0 Å². The third-order valence-corrected chi connectivity index (χ3v) is 3.59. The Morgan fingerprint density at radius 1 is 1.06 bits per heavy atom. The van der Waals surface area contributed by atoms with Gasteiger partial charge in [0.2, 0.25) is 0 Å². The summed E-state index contributed by atoms with van der Waals surface area (Å²) < 4.78 is 0. The van der Waals surface area contributed by atoms with E-state index < -0.39 is 0 Å². The van der Waals surface area contributed by atoms with Gasteiger partial charge < -0.3 is 11.5 Å². The molecule has 0 aliphatic carbocycles. The Hall–Kier alpha value is -0.860. The quantitative estimate of drug-likeness (QED) is 0.822. The lowest BCUT2D eigenvalue weighted by molar-refractivity contribution is 0.271. The lowest BCUT2D eigenvalue weighted by atomic mass is 9.78. The molecule has 0 aliphatic heterocycles. The van der Waals surface area contributed by atoms with E-state index in [1.807, 2.05) is 0 Å². The molecule has 0 saturated heterocycles. The van der Waals surface area contributed by atoms with Crippen LogP contribution in [0.1, 0.15) is 57.2 Å². The second-order valence-corrected chi connectivity index (χ2v) is 5.83. The number of benzene rings is 1. The minimum Gasteiger partial charge on any atom is -0.330 e. The Bertz CT molecular complexity index is 338. The molecule has 2 nitrogen and oxygen atoms in total. The number of rotatable bonds is 5. The third-order valence-electron chi connectivity index (χ3n) is 3.59. The molecule has 0 fully saturated rings. The van der Waals surface area contributed by atoms with Crippen molar-refractivity contribution in [2.24, 2.45) is 16.9 Å².